The number of ether oxygens (including phenoxy) is 1. The Balaban J connectivity index is 1.82. The number of nitrogens with one attached hydrogen (secondary N) is 1. The second-order valence-corrected chi connectivity index (χ2v) is 9.34. The molecule has 30 heavy (non-hydrogen) atoms. The third-order valence-corrected chi connectivity index (χ3v) is 6.84. The first-order chi connectivity index (χ1) is 14.1. The van der Waals surface area contributed by atoms with Crippen molar-refractivity contribution < 1.29 is 22.3 Å². The molecule has 7 nitrogen and oxygen atoms in total. The number of nitrogens with zero attached hydrogens (tertiary/aromatic N) is 2. The van der Waals surface area contributed by atoms with Crippen LogP contribution in [0, 0.1) is 17.1 Å². The molecule has 0 aliphatic carbocycles. The predicted molar refractivity (Wildman–Crippen MR) is 109 cm³/mol. The van der Waals surface area contributed by atoms with Gasteiger partial charge in [0.2, 0.25) is 10.0 Å². The van der Waals surface area contributed by atoms with Crippen molar-refractivity contribution in [2.75, 3.05) is 31.6 Å². The largest absolute Gasteiger partial charge is 0.379 e. The van der Waals surface area contributed by atoms with Crippen LogP contribution in [-0.4, -0.2) is 44.9 Å². The summed E-state index contributed by atoms with van der Waals surface area (Å²) in [6.07, 6.45) is 0. The molecule has 0 bridgehead atoms. The lowest BCUT2D eigenvalue weighted by atomic mass is 9.86. The topological polar surface area (TPSA) is 99.5 Å². The molecule has 0 unspecified atom stereocenters. The van der Waals surface area contributed by atoms with E-state index in [1.807, 2.05) is 0 Å². The van der Waals surface area contributed by atoms with E-state index in [0.29, 0.717) is 5.69 Å². The van der Waals surface area contributed by atoms with Crippen molar-refractivity contribution in [3.05, 3.63) is 59.4 Å². The van der Waals surface area contributed by atoms with Gasteiger partial charge in [0, 0.05) is 24.3 Å². The summed E-state index contributed by atoms with van der Waals surface area (Å²) in [4.78, 5) is 12.1. The van der Waals surface area contributed by atoms with E-state index >= 15 is 0 Å². The molecule has 0 radical (unpaired) electrons. The highest BCUT2D eigenvalue weighted by Crippen LogP contribution is 2.25. The highest BCUT2D eigenvalue weighted by molar-refractivity contribution is 7.89. The molecule has 1 heterocycles. The molecular weight excluding hydrogens is 409 g/mol. The minimum Gasteiger partial charge on any atom is -0.379 e. The van der Waals surface area contributed by atoms with Crippen molar-refractivity contribution in [3.63, 3.8) is 0 Å². The molecule has 158 valence electrons. The maximum atomic E-state index is 14.3. The predicted octanol–water partition coefficient (Wildman–Crippen LogP) is 2.90. The summed E-state index contributed by atoms with van der Waals surface area (Å²) in [5.74, 6) is -1.48. The third kappa shape index (κ3) is 4.51. The zero-order valence-electron chi connectivity index (χ0n) is 16.7. The van der Waals surface area contributed by atoms with Crippen LogP contribution in [0.3, 0.4) is 0 Å². The normalized spacial score (nSPS) is 15.4. The zero-order valence-corrected chi connectivity index (χ0v) is 17.5. The average Bonchev–Trinajstić information content (AvgIpc) is 2.75. The smallest absolute Gasteiger partial charge is 0.255 e. The summed E-state index contributed by atoms with van der Waals surface area (Å²) < 4.78 is 46.1. The molecular formula is C21H22FN3O4S. The summed E-state index contributed by atoms with van der Waals surface area (Å²) in [5.41, 5.74) is 0.621. The van der Waals surface area contributed by atoms with Gasteiger partial charge in [0.05, 0.1) is 24.7 Å². The number of hydrogen-bond donors (Lipinski definition) is 1. The van der Waals surface area contributed by atoms with E-state index in [4.69, 9.17) is 4.74 Å². The fraction of sp³-hybridized carbons (Fsp3) is 0.333. The van der Waals surface area contributed by atoms with E-state index in [0.717, 1.165) is 22.0 Å². The van der Waals surface area contributed by atoms with Crippen molar-refractivity contribution in [1.82, 2.24) is 4.31 Å². The number of benzene rings is 2. The first-order valence-electron chi connectivity index (χ1n) is 9.36. The molecule has 0 atom stereocenters. The number of morpholine rings is 1. The van der Waals surface area contributed by atoms with Gasteiger partial charge in [0.15, 0.2) is 0 Å². The number of amides is 1. The van der Waals surface area contributed by atoms with Gasteiger partial charge in [-0.1, -0.05) is 12.1 Å². The Kier molecular flexibility index (Phi) is 6.22. The van der Waals surface area contributed by atoms with Crippen molar-refractivity contribution in [2.45, 2.75) is 24.2 Å². The van der Waals surface area contributed by atoms with Crippen LogP contribution in [-0.2, 0) is 20.2 Å². The van der Waals surface area contributed by atoms with Gasteiger partial charge in [-0.15, -0.1) is 0 Å². The van der Waals surface area contributed by atoms with Gasteiger partial charge < -0.3 is 10.1 Å². The Labute approximate surface area is 175 Å². The molecule has 2 aromatic rings. The number of carbonyl (C=O) groups is 1. The quantitative estimate of drug-likeness (QED) is 0.785. The fourth-order valence-electron chi connectivity index (χ4n) is 3.01. The number of rotatable bonds is 5. The summed E-state index contributed by atoms with van der Waals surface area (Å²) in [5, 5.41) is 11.9. The van der Waals surface area contributed by atoms with E-state index in [-0.39, 0.29) is 31.9 Å². The SMILES string of the molecule is CC(C)(C#N)c1ccc(NC(=O)c2ccc(F)c(S(=O)(=O)N3CCOCC3)c2)cc1. The first-order valence-corrected chi connectivity index (χ1v) is 10.8. The van der Waals surface area contributed by atoms with E-state index in [1.165, 1.54) is 6.07 Å². The Hall–Kier alpha value is -2.80. The third-order valence-electron chi connectivity index (χ3n) is 4.93. The summed E-state index contributed by atoms with van der Waals surface area (Å²) in [6, 6.07) is 12.2. The molecule has 1 N–H and O–H groups in total. The molecule has 3 rings (SSSR count). The second-order valence-electron chi connectivity index (χ2n) is 7.43. The van der Waals surface area contributed by atoms with E-state index in [1.54, 1.807) is 38.1 Å². The van der Waals surface area contributed by atoms with Crippen LogP contribution in [0.1, 0.15) is 29.8 Å². The monoisotopic (exact) mass is 431 g/mol. The Morgan fingerprint density at radius 3 is 2.40 bits per heavy atom. The number of hydrogen-bond acceptors (Lipinski definition) is 5. The van der Waals surface area contributed by atoms with Crippen LogP contribution >= 0.6 is 0 Å². The number of anilines is 1. The molecule has 0 saturated carbocycles. The van der Waals surface area contributed by atoms with Gasteiger partial charge >= 0.3 is 0 Å². The van der Waals surface area contributed by atoms with Gasteiger partial charge in [-0.2, -0.15) is 9.57 Å². The number of sulfonamides is 1. The van der Waals surface area contributed by atoms with Crippen LogP contribution in [0.15, 0.2) is 47.4 Å². The number of carbonyl (C=O) groups excluding carboxylic acids is 1. The summed E-state index contributed by atoms with van der Waals surface area (Å²) in [6.45, 7) is 4.30. The van der Waals surface area contributed by atoms with E-state index in [9.17, 15) is 22.9 Å². The Morgan fingerprint density at radius 2 is 1.80 bits per heavy atom. The van der Waals surface area contributed by atoms with Crippen molar-refractivity contribution in [1.29, 1.82) is 5.26 Å². The average molecular weight is 431 g/mol. The number of halogens is 1. The van der Waals surface area contributed by atoms with Crippen molar-refractivity contribution >= 4 is 21.6 Å². The van der Waals surface area contributed by atoms with Crippen LogP contribution in [0.4, 0.5) is 10.1 Å². The molecule has 1 fully saturated rings. The minimum atomic E-state index is -4.08. The highest BCUT2D eigenvalue weighted by Gasteiger charge is 2.30. The molecule has 1 amide bonds. The fourth-order valence-corrected chi connectivity index (χ4v) is 4.50. The second kappa shape index (κ2) is 8.52. The molecule has 2 aromatic carbocycles. The van der Waals surface area contributed by atoms with E-state index in [2.05, 4.69) is 11.4 Å². The molecule has 0 spiro atoms. The highest BCUT2D eigenvalue weighted by atomic mass is 32.2. The molecule has 1 aliphatic heterocycles. The van der Waals surface area contributed by atoms with Crippen molar-refractivity contribution in [3.8, 4) is 6.07 Å². The lowest BCUT2D eigenvalue weighted by molar-refractivity contribution is 0.0729. The van der Waals surface area contributed by atoms with Gasteiger partial charge in [-0.3, -0.25) is 4.79 Å². The Morgan fingerprint density at radius 1 is 1.17 bits per heavy atom. The maximum absolute atomic E-state index is 14.3. The minimum absolute atomic E-state index is 0.0182. The van der Waals surface area contributed by atoms with E-state index < -0.39 is 32.1 Å². The maximum Gasteiger partial charge on any atom is 0.255 e. The van der Waals surface area contributed by atoms with Gasteiger partial charge in [0.25, 0.3) is 5.91 Å². The van der Waals surface area contributed by atoms with Crippen LogP contribution < -0.4 is 5.32 Å². The lowest BCUT2D eigenvalue weighted by Crippen LogP contribution is -2.41. The summed E-state index contributed by atoms with van der Waals surface area (Å²) in [7, 11) is -4.08. The standard InChI is InChI=1S/C21H22FN3O4S/c1-21(2,14-23)16-4-6-17(7-5-16)24-20(26)15-3-8-18(22)19(13-15)30(27,28)25-9-11-29-12-10-25/h3-8,13H,9-12H2,1-2H3,(H,24,26). The van der Waals surface area contributed by atoms with Gasteiger partial charge in [-0.25, -0.2) is 12.8 Å². The summed E-state index contributed by atoms with van der Waals surface area (Å²) >= 11 is 0. The first kappa shape index (κ1) is 21.9. The number of nitriles is 1. The molecule has 9 heteroatoms. The van der Waals surface area contributed by atoms with Gasteiger partial charge in [-0.05, 0) is 49.7 Å². The van der Waals surface area contributed by atoms with Crippen molar-refractivity contribution in [2.24, 2.45) is 0 Å². The lowest BCUT2D eigenvalue weighted by Gasteiger charge is -2.26. The van der Waals surface area contributed by atoms with Gasteiger partial charge in [0.1, 0.15) is 10.7 Å². The molecule has 1 aliphatic rings. The Bertz CT molecular complexity index is 1090. The van der Waals surface area contributed by atoms with Crippen LogP contribution in [0.5, 0.6) is 0 Å². The molecule has 1 saturated heterocycles. The van der Waals surface area contributed by atoms with Crippen LogP contribution in [0.25, 0.3) is 0 Å². The van der Waals surface area contributed by atoms with Crippen LogP contribution in [0.2, 0.25) is 0 Å². The zero-order chi connectivity index (χ0) is 21.9. The molecule has 0 aromatic heterocycles.